The van der Waals surface area contributed by atoms with Crippen LogP contribution in [-0.4, -0.2) is 26.5 Å². The highest BCUT2D eigenvalue weighted by atomic mass is 32.2. The molecule has 0 radical (unpaired) electrons. The first-order valence-corrected chi connectivity index (χ1v) is 7.54. The Hall–Kier alpha value is -1.44. The van der Waals surface area contributed by atoms with Gasteiger partial charge >= 0.3 is 0 Å². The van der Waals surface area contributed by atoms with Gasteiger partial charge in [-0.15, -0.1) is 11.3 Å². The van der Waals surface area contributed by atoms with Crippen molar-refractivity contribution in [1.82, 2.24) is 19.9 Å². The zero-order chi connectivity index (χ0) is 13.2. The summed E-state index contributed by atoms with van der Waals surface area (Å²) in [6.07, 6.45) is 3.18. The fourth-order valence-electron chi connectivity index (χ4n) is 1.82. The molecule has 19 heavy (non-hydrogen) atoms. The normalized spacial score (nSPS) is 12.9. The van der Waals surface area contributed by atoms with Crippen LogP contribution in [0.1, 0.15) is 15.0 Å². The van der Waals surface area contributed by atoms with Gasteiger partial charge in [-0.3, -0.25) is 0 Å². The lowest BCUT2D eigenvalue weighted by molar-refractivity contribution is 0.952. The molecular formula is C12H13N5S2. The second-order valence-electron chi connectivity index (χ2n) is 4.07. The van der Waals surface area contributed by atoms with Crippen LogP contribution in [0.5, 0.6) is 0 Å². The fourth-order valence-corrected chi connectivity index (χ4v) is 3.91. The van der Waals surface area contributed by atoms with Crippen molar-refractivity contribution in [3.63, 3.8) is 0 Å². The van der Waals surface area contributed by atoms with Crippen molar-refractivity contribution >= 4 is 34.3 Å². The number of fused-ring (bicyclic) bond motifs is 1. The molecule has 3 heterocycles. The van der Waals surface area contributed by atoms with E-state index in [0.717, 1.165) is 10.5 Å². The van der Waals surface area contributed by atoms with Crippen molar-refractivity contribution in [2.45, 2.75) is 17.2 Å². The minimum atomic E-state index is 0.208. The number of hydrogen-bond donors (Lipinski definition) is 2. The van der Waals surface area contributed by atoms with E-state index in [2.05, 4.69) is 39.0 Å². The molecule has 7 heteroatoms. The van der Waals surface area contributed by atoms with E-state index >= 15 is 0 Å². The van der Waals surface area contributed by atoms with Crippen LogP contribution in [0.25, 0.3) is 11.2 Å². The highest BCUT2D eigenvalue weighted by Gasteiger charge is 2.16. The Bertz CT molecular complexity index is 690. The smallest absolute Gasteiger partial charge is 0.181 e. The number of hydrogen-bond acceptors (Lipinski definition) is 6. The maximum Gasteiger partial charge on any atom is 0.181 e. The van der Waals surface area contributed by atoms with Crippen molar-refractivity contribution < 1.29 is 0 Å². The van der Waals surface area contributed by atoms with Crippen LogP contribution in [0.15, 0.2) is 29.8 Å². The number of rotatable bonds is 4. The topological polar surface area (TPSA) is 80.5 Å². The Morgan fingerprint density at radius 3 is 3.00 bits per heavy atom. The van der Waals surface area contributed by atoms with Gasteiger partial charge in [0.25, 0.3) is 0 Å². The number of aryl methyl sites for hydroxylation is 1. The van der Waals surface area contributed by atoms with Gasteiger partial charge in [0.2, 0.25) is 0 Å². The SMILES string of the molecule is Cc1ccc(C(CN)Sc2ncnc3nc[nH]c23)s1. The summed E-state index contributed by atoms with van der Waals surface area (Å²) < 4.78 is 0. The van der Waals surface area contributed by atoms with Gasteiger partial charge < -0.3 is 10.7 Å². The van der Waals surface area contributed by atoms with Crippen molar-refractivity contribution in [3.05, 3.63) is 34.5 Å². The fraction of sp³-hybridized carbons (Fsp3) is 0.250. The number of thiophene rings is 1. The molecule has 0 saturated carbocycles. The minimum absolute atomic E-state index is 0.208. The van der Waals surface area contributed by atoms with Gasteiger partial charge in [-0.25, -0.2) is 15.0 Å². The first kappa shape index (κ1) is 12.6. The Morgan fingerprint density at radius 2 is 2.26 bits per heavy atom. The highest BCUT2D eigenvalue weighted by Crippen LogP contribution is 2.38. The number of aromatic nitrogens is 4. The van der Waals surface area contributed by atoms with Crippen molar-refractivity contribution in [1.29, 1.82) is 0 Å². The average Bonchev–Trinajstić information content (AvgIpc) is 3.04. The lowest BCUT2D eigenvalue weighted by atomic mass is 10.3. The molecule has 0 aliphatic heterocycles. The number of H-pyrrole nitrogens is 1. The van der Waals surface area contributed by atoms with Crippen LogP contribution < -0.4 is 5.73 Å². The first-order chi connectivity index (χ1) is 9.28. The number of nitrogens with two attached hydrogens (primary N) is 1. The van der Waals surface area contributed by atoms with Crippen molar-refractivity contribution in [2.75, 3.05) is 6.54 Å². The molecule has 0 aliphatic rings. The van der Waals surface area contributed by atoms with Crippen molar-refractivity contribution in [3.8, 4) is 0 Å². The molecule has 0 aromatic carbocycles. The quantitative estimate of drug-likeness (QED) is 0.570. The molecule has 3 aromatic heterocycles. The van der Waals surface area contributed by atoms with Crippen molar-refractivity contribution in [2.24, 2.45) is 5.73 Å². The van der Waals surface area contributed by atoms with Gasteiger partial charge in [0.05, 0.1) is 11.6 Å². The van der Waals surface area contributed by atoms with E-state index in [0.29, 0.717) is 12.2 Å². The molecule has 3 rings (SSSR count). The van der Waals surface area contributed by atoms with Gasteiger partial charge in [0.1, 0.15) is 16.9 Å². The number of nitrogens with zero attached hydrogens (tertiary/aromatic N) is 3. The summed E-state index contributed by atoms with van der Waals surface area (Å²) in [4.78, 5) is 18.2. The lowest BCUT2D eigenvalue weighted by Crippen LogP contribution is -2.08. The average molecular weight is 291 g/mol. The maximum atomic E-state index is 5.90. The third-order valence-corrected chi connectivity index (χ3v) is 5.26. The second-order valence-corrected chi connectivity index (χ2v) is 6.58. The van der Waals surface area contributed by atoms with E-state index < -0.39 is 0 Å². The van der Waals surface area contributed by atoms with Gasteiger partial charge in [-0.1, -0.05) is 11.8 Å². The predicted octanol–water partition coefficient (Wildman–Crippen LogP) is 2.51. The van der Waals surface area contributed by atoms with Gasteiger partial charge in [-0.2, -0.15) is 0 Å². The summed E-state index contributed by atoms with van der Waals surface area (Å²) in [5.41, 5.74) is 7.46. The maximum absolute atomic E-state index is 5.90. The molecule has 0 fully saturated rings. The molecule has 0 spiro atoms. The molecular weight excluding hydrogens is 278 g/mol. The van der Waals surface area contributed by atoms with Gasteiger partial charge in [0.15, 0.2) is 5.65 Å². The van der Waals surface area contributed by atoms with Crippen LogP contribution >= 0.6 is 23.1 Å². The molecule has 0 aliphatic carbocycles. The molecule has 5 nitrogen and oxygen atoms in total. The largest absolute Gasteiger partial charge is 0.341 e. The summed E-state index contributed by atoms with van der Waals surface area (Å²) >= 11 is 3.43. The van der Waals surface area contributed by atoms with Crippen LogP contribution in [-0.2, 0) is 0 Å². The lowest BCUT2D eigenvalue weighted by Gasteiger charge is -2.11. The van der Waals surface area contributed by atoms with Gasteiger partial charge in [-0.05, 0) is 19.1 Å². The number of nitrogens with one attached hydrogen (secondary N) is 1. The monoisotopic (exact) mass is 291 g/mol. The molecule has 1 atom stereocenters. The molecule has 0 bridgehead atoms. The number of imidazole rings is 1. The third kappa shape index (κ3) is 2.49. The van der Waals surface area contributed by atoms with E-state index in [1.165, 1.54) is 9.75 Å². The Labute approximate surface area is 118 Å². The number of aromatic amines is 1. The molecule has 0 amide bonds. The highest BCUT2D eigenvalue weighted by molar-refractivity contribution is 7.99. The van der Waals surface area contributed by atoms with E-state index in [-0.39, 0.29) is 5.25 Å². The summed E-state index contributed by atoms with van der Waals surface area (Å²) in [7, 11) is 0. The van der Waals surface area contributed by atoms with Crippen LogP contribution in [0.3, 0.4) is 0 Å². The standard InChI is InChI=1S/C12H13N5S2/c1-7-2-3-8(18-7)9(4-13)19-12-10-11(15-5-14-10)16-6-17-12/h2-3,5-6,9H,4,13H2,1H3,(H,14,15,16,17). The summed E-state index contributed by atoms with van der Waals surface area (Å²) in [5, 5.41) is 1.10. The Morgan fingerprint density at radius 1 is 1.37 bits per heavy atom. The predicted molar refractivity (Wildman–Crippen MR) is 78.4 cm³/mol. The number of thioether (sulfide) groups is 1. The van der Waals surface area contributed by atoms with Gasteiger partial charge in [0, 0.05) is 16.3 Å². The first-order valence-electron chi connectivity index (χ1n) is 5.85. The molecule has 0 saturated heterocycles. The second kappa shape index (κ2) is 5.28. The molecule has 3 aromatic rings. The van der Waals surface area contributed by atoms with E-state index in [4.69, 9.17) is 5.73 Å². The summed E-state index contributed by atoms with van der Waals surface area (Å²) in [6, 6.07) is 4.25. The van der Waals surface area contributed by atoms with Crippen LogP contribution in [0.2, 0.25) is 0 Å². The zero-order valence-electron chi connectivity index (χ0n) is 10.3. The summed E-state index contributed by atoms with van der Waals surface area (Å²) in [5.74, 6) is 0. The van der Waals surface area contributed by atoms with E-state index in [1.807, 2.05) is 0 Å². The van der Waals surface area contributed by atoms with Crippen LogP contribution in [0, 0.1) is 6.92 Å². The molecule has 1 unspecified atom stereocenters. The third-order valence-electron chi connectivity index (χ3n) is 2.73. The Kier molecular flexibility index (Phi) is 3.50. The summed E-state index contributed by atoms with van der Waals surface area (Å²) in [6.45, 7) is 2.68. The zero-order valence-corrected chi connectivity index (χ0v) is 12.0. The molecule has 3 N–H and O–H groups in total. The minimum Gasteiger partial charge on any atom is -0.341 e. The molecule has 98 valence electrons. The Balaban J connectivity index is 1.92. The van der Waals surface area contributed by atoms with E-state index in [1.54, 1.807) is 35.8 Å². The van der Waals surface area contributed by atoms with E-state index in [9.17, 15) is 0 Å². The van der Waals surface area contributed by atoms with Crippen LogP contribution in [0.4, 0.5) is 0 Å².